The van der Waals surface area contributed by atoms with Crippen molar-refractivity contribution in [3.05, 3.63) is 49.1 Å². The van der Waals surface area contributed by atoms with Crippen LogP contribution in [0.1, 0.15) is 36.0 Å². The summed E-state index contributed by atoms with van der Waals surface area (Å²) in [5.74, 6) is 0.0258. The molecule has 0 bridgehead atoms. The predicted octanol–water partition coefficient (Wildman–Crippen LogP) is 4.07. The third-order valence-electron chi connectivity index (χ3n) is 2.77. The molecule has 4 nitrogen and oxygen atoms in total. The molecule has 114 valence electrons. The number of hydrogen-bond donors (Lipinski definition) is 1. The van der Waals surface area contributed by atoms with Crippen molar-refractivity contribution in [2.24, 2.45) is 0 Å². The van der Waals surface area contributed by atoms with Gasteiger partial charge in [-0.05, 0) is 37.8 Å². The van der Waals surface area contributed by atoms with E-state index in [1.54, 1.807) is 6.07 Å². The van der Waals surface area contributed by atoms with Gasteiger partial charge in [-0.2, -0.15) is 0 Å². The molecule has 0 aliphatic heterocycles. The van der Waals surface area contributed by atoms with E-state index in [2.05, 4.69) is 13.2 Å². The number of carboxylic acids is 1. The maximum atomic E-state index is 11.1. The number of hydrogen-bond acceptors (Lipinski definition) is 3. The van der Waals surface area contributed by atoms with E-state index in [4.69, 9.17) is 14.6 Å². The number of rotatable bonds is 11. The van der Waals surface area contributed by atoms with E-state index in [0.29, 0.717) is 24.7 Å². The Morgan fingerprint density at radius 3 is 1.86 bits per heavy atom. The molecule has 1 N–H and O–H groups in total. The number of allylic oxidation sites excluding steroid dienone is 2. The van der Waals surface area contributed by atoms with Gasteiger partial charge in [0.25, 0.3) is 0 Å². The Labute approximate surface area is 125 Å². The molecule has 0 heterocycles. The molecule has 0 aliphatic carbocycles. The number of ether oxygens (including phenoxy) is 2. The van der Waals surface area contributed by atoms with Gasteiger partial charge in [0.15, 0.2) is 0 Å². The van der Waals surface area contributed by atoms with E-state index in [9.17, 15) is 4.79 Å². The largest absolute Gasteiger partial charge is 0.493 e. The third-order valence-corrected chi connectivity index (χ3v) is 2.77. The van der Waals surface area contributed by atoms with Crippen molar-refractivity contribution in [2.75, 3.05) is 13.2 Å². The smallest absolute Gasteiger partial charge is 0.335 e. The topological polar surface area (TPSA) is 55.8 Å². The molecule has 1 aromatic carbocycles. The van der Waals surface area contributed by atoms with Gasteiger partial charge in [-0.15, -0.1) is 13.2 Å². The van der Waals surface area contributed by atoms with Crippen LogP contribution in [0.2, 0.25) is 0 Å². The fourth-order valence-electron chi connectivity index (χ4n) is 1.70. The number of benzene rings is 1. The van der Waals surface area contributed by atoms with Gasteiger partial charge in [0.05, 0.1) is 18.8 Å². The minimum atomic E-state index is -0.998. The van der Waals surface area contributed by atoms with Gasteiger partial charge in [-0.1, -0.05) is 12.2 Å². The van der Waals surface area contributed by atoms with Crippen molar-refractivity contribution in [3.8, 4) is 11.5 Å². The van der Waals surface area contributed by atoms with E-state index in [1.165, 1.54) is 12.1 Å². The zero-order valence-corrected chi connectivity index (χ0v) is 12.2. The molecule has 0 amide bonds. The molecule has 0 saturated carbocycles. The molecule has 4 heteroatoms. The molecule has 1 aromatic rings. The van der Waals surface area contributed by atoms with Crippen LogP contribution in [0.4, 0.5) is 0 Å². The standard InChI is InChI=1S/C17H22O4/c1-3-5-7-9-20-15-11-14(17(18)19)12-16(13-15)21-10-8-6-4-2/h3-4,11-13H,1-2,5-10H2,(H,18,19). The highest BCUT2D eigenvalue weighted by molar-refractivity contribution is 5.88. The van der Waals surface area contributed by atoms with Crippen LogP contribution in [0.25, 0.3) is 0 Å². The summed E-state index contributed by atoms with van der Waals surface area (Å²) in [6, 6.07) is 4.73. The Bertz CT molecular complexity index is 445. The Morgan fingerprint density at radius 2 is 1.48 bits per heavy atom. The molecule has 0 saturated heterocycles. The maximum absolute atomic E-state index is 11.1. The van der Waals surface area contributed by atoms with Crippen LogP contribution < -0.4 is 9.47 Å². The number of carboxylic acid groups (broad SMARTS) is 1. The predicted molar refractivity (Wildman–Crippen MR) is 83.3 cm³/mol. The van der Waals surface area contributed by atoms with Gasteiger partial charge in [0.1, 0.15) is 11.5 Å². The summed E-state index contributed by atoms with van der Waals surface area (Å²) in [6.45, 7) is 8.33. The van der Waals surface area contributed by atoms with E-state index in [-0.39, 0.29) is 5.56 Å². The average Bonchev–Trinajstić information content (AvgIpc) is 2.48. The molecule has 0 radical (unpaired) electrons. The van der Waals surface area contributed by atoms with Crippen molar-refractivity contribution < 1.29 is 19.4 Å². The normalized spacial score (nSPS) is 9.90. The lowest BCUT2D eigenvalue weighted by Crippen LogP contribution is -2.03. The van der Waals surface area contributed by atoms with E-state index >= 15 is 0 Å². The van der Waals surface area contributed by atoms with Crippen molar-refractivity contribution in [1.82, 2.24) is 0 Å². The summed E-state index contributed by atoms with van der Waals surface area (Å²) in [5, 5.41) is 9.12. The zero-order valence-electron chi connectivity index (χ0n) is 12.2. The second-order valence-electron chi connectivity index (χ2n) is 4.56. The van der Waals surface area contributed by atoms with Crippen LogP contribution in [0, 0.1) is 0 Å². The molecule has 0 aromatic heterocycles. The second kappa shape index (κ2) is 9.64. The van der Waals surface area contributed by atoms with Crippen molar-refractivity contribution in [3.63, 3.8) is 0 Å². The van der Waals surface area contributed by atoms with E-state index in [0.717, 1.165) is 25.7 Å². The first-order chi connectivity index (χ1) is 10.2. The van der Waals surface area contributed by atoms with Gasteiger partial charge in [-0.25, -0.2) is 4.79 Å². The highest BCUT2D eigenvalue weighted by Crippen LogP contribution is 2.23. The Balaban J connectivity index is 2.67. The number of unbranched alkanes of at least 4 members (excludes halogenated alkanes) is 2. The molecule has 21 heavy (non-hydrogen) atoms. The van der Waals surface area contributed by atoms with Crippen molar-refractivity contribution in [2.45, 2.75) is 25.7 Å². The van der Waals surface area contributed by atoms with E-state index in [1.807, 2.05) is 12.2 Å². The Kier molecular flexibility index (Phi) is 7.72. The van der Waals surface area contributed by atoms with Gasteiger partial charge >= 0.3 is 5.97 Å². The van der Waals surface area contributed by atoms with Gasteiger partial charge in [0, 0.05) is 6.07 Å². The lowest BCUT2D eigenvalue weighted by Gasteiger charge is -2.10. The van der Waals surface area contributed by atoms with Gasteiger partial charge in [-0.3, -0.25) is 0 Å². The summed E-state index contributed by atoms with van der Waals surface area (Å²) < 4.78 is 11.1. The lowest BCUT2D eigenvalue weighted by molar-refractivity contribution is 0.0695. The minimum Gasteiger partial charge on any atom is -0.493 e. The summed E-state index contributed by atoms with van der Waals surface area (Å²) in [7, 11) is 0. The van der Waals surface area contributed by atoms with E-state index < -0.39 is 5.97 Å². The first-order valence-corrected chi connectivity index (χ1v) is 7.03. The average molecular weight is 290 g/mol. The highest BCUT2D eigenvalue weighted by Gasteiger charge is 2.09. The quantitative estimate of drug-likeness (QED) is 0.493. The van der Waals surface area contributed by atoms with Crippen molar-refractivity contribution >= 4 is 5.97 Å². The minimum absolute atomic E-state index is 0.162. The molecule has 0 atom stereocenters. The molecular formula is C17H22O4. The SMILES string of the molecule is C=CCCCOc1cc(OCCCC=C)cc(C(=O)O)c1. The van der Waals surface area contributed by atoms with Crippen LogP contribution in [0.3, 0.4) is 0 Å². The fraction of sp³-hybridized carbons (Fsp3) is 0.353. The molecule has 0 fully saturated rings. The summed E-state index contributed by atoms with van der Waals surface area (Å²) in [6.07, 6.45) is 7.07. The third kappa shape index (κ3) is 6.65. The molecule has 0 aliphatic rings. The first kappa shape index (κ1) is 16.8. The molecule has 1 rings (SSSR count). The van der Waals surface area contributed by atoms with Crippen LogP contribution >= 0.6 is 0 Å². The van der Waals surface area contributed by atoms with Crippen molar-refractivity contribution in [1.29, 1.82) is 0 Å². The number of carbonyl (C=O) groups is 1. The molecule has 0 unspecified atom stereocenters. The highest BCUT2D eigenvalue weighted by atomic mass is 16.5. The van der Waals surface area contributed by atoms with Crippen LogP contribution in [0.15, 0.2) is 43.5 Å². The first-order valence-electron chi connectivity index (χ1n) is 7.03. The Morgan fingerprint density at radius 1 is 1.00 bits per heavy atom. The Hall–Kier alpha value is -2.23. The maximum Gasteiger partial charge on any atom is 0.335 e. The lowest BCUT2D eigenvalue weighted by atomic mass is 10.2. The fourth-order valence-corrected chi connectivity index (χ4v) is 1.70. The van der Waals surface area contributed by atoms with Crippen LogP contribution in [0.5, 0.6) is 11.5 Å². The van der Waals surface area contributed by atoms with Gasteiger partial charge < -0.3 is 14.6 Å². The monoisotopic (exact) mass is 290 g/mol. The zero-order chi connectivity index (χ0) is 15.5. The summed E-state index contributed by atoms with van der Waals surface area (Å²) in [4.78, 5) is 11.1. The van der Waals surface area contributed by atoms with Crippen LogP contribution in [-0.2, 0) is 0 Å². The number of aromatic carboxylic acids is 1. The molecular weight excluding hydrogens is 268 g/mol. The second-order valence-corrected chi connectivity index (χ2v) is 4.56. The van der Waals surface area contributed by atoms with Gasteiger partial charge in [0.2, 0.25) is 0 Å². The van der Waals surface area contributed by atoms with Crippen LogP contribution in [-0.4, -0.2) is 24.3 Å². The summed E-state index contributed by atoms with van der Waals surface area (Å²) >= 11 is 0. The summed E-state index contributed by atoms with van der Waals surface area (Å²) in [5.41, 5.74) is 0.162. The molecule has 0 spiro atoms.